The van der Waals surface area contributed by atoms with E-state index in [0.717, 1.165) is 19.6 Å². The molecule has 2 fully saturated rings. The number of carbonyl (C=O) groups is 4. The molecule has 38 heavy (non-hydrogen) atoms. The smallest absolute Gasteiger partial charge is 0.336 e. The van der Waals surface area contributed by atoms with Crippen molar-refractivity contribution in [2.45, 2.75) is 82.1 Å². The minimum absolute atomic E-state index is 0. The van der Waals surface area contributed by atoms with E-state index in [1.807, 2.05) is 0 Å². The fourth-order valence-corrected chi connectivity index (χ4v) is 5.66. The van der Waals surface area contributed by atoms with E-state index < -0.39 is 36.4 Å². The summed E-state index contributed by atoms with van der Waals surface area (Å²) in [6.07, 6.45) is 9.14. The number of carbonyl (C=O) groups excluding carboxylic acids is 1. The third kappa shape index (κ3) is 11.5. The molecule has 1 aliphatic heterocycles. The molecule has 0 amide bonds. The molecule has 0 spiro atoms. The van der Waals surface area contributed by atoms with E-state index in [1.165, 1.54) is 63.4 Å². The average molecular weight is 560 g/mol. The molecule has 2 heterocycles. The Hall–Kier alpha value is -2.54. The summed E-state index contributed by atoms with van der Waals surface area (Å²) in [5.41, 5.74) is -1.57. The Morgan fingerprint density at radius 3 is 1.97 bits per heavy atom. The molecule has 0 radical (unpaired) electrons. The van der Waals surface area contributed by atoms with Crippen LogP contribution in [0.25, 0.3) is 0 Å². The molecule has 12 heteroatoms. The maximum absolute atomic E-state index is 12.8. The quantitative estimate of drug-likeness (QED) is 0.293. The van der Waals surface area contributed by atoms with Crippen molar-refractivity contribution in [3.63, 3.8) is 0 Å². The lowest BCUT2D eigenvalue weighted by Crippen LogP contribution is -2.42. The maximum atomic E-state index is 12.8. The highest BCUT2D eigenvalue weighted by Gasteiger charge is 2.40. The van der Waals surface area contributed by atoms with Gasteiger partial charge in [-0.25, -0.2) is 4.79 Å². The number of carboxylic acids is 3. The van der Waals surface area contributed by atoms with Gasteiger partial charge in [-0.2, -0.15) is 11.3 Å². The zero-order valence-electron chi connectivity index (χ0n) is 21.7. The topological polar surface area (TPSA) is 193 Å². The Labute approximate surface area is 226 Å². The van der Waals surface area contributed by atoms with Crippen molar-refractivity contribution in [2.24, 2.45) is 5.92 Å². The van der Waals surface area contributed by atoms with Crippen molar-refractivity contribution >= 4 is 35.2 Å². The van der Waals surface area contributed by atoms with Gasteiger partial charge in [0.1, 0.15) is 6.61 Å². The Balaban J connectivity index is 0.000000444. The predicted molar refractivity (Wildman–Crippen MR) is 140 cm³/mol. The average Bonchev–Trinajstić information content (AvgIpc) is 3.22. The minimum atomic E-state index is -2.74. The summed E-state index contributed by atoms with van der Waals surface area (Å²) in [4.78, 5) is 45.8. The number of hydrogen-bond acceptors (Lipinski definition) is 8. The Morgan fingerprint density at radius 2 is 1.50 bits per heavy atom. The molecule has 0 bridgehead atoms. The molecule has 1 aromatic rings. The zero-order valence-corrected chi connectivity index (χ0v) is 22.5. The number of aliphatic carboxylic acids is 3. The number of ether oxygens (including phenoxy) is 1. The predicted octanol–water partition coefficient (Wildman–Crippen LogP) is 2.76. The van der Waals surface area contributed by atoms with Crippen LogP contribution in [-0.2, 0) is 23.9 Å². The first kappa shape index (κ1) is 33.5. The third-order valence-electron chi connectivity index (χ3n) is 6.91. The number of carboxylic acid groups (broad SMARTS) is 3. The number of thiophene rings is 1. The summed E-state index contributed by atoms with van der Waals surface area (Å²) in [5.74, 6) is -4.58. The highest BCUT2D eigenvalue weighted by atomic mass is 32.1. The van der Waals surface area contributed by atoms with Crippen LogP contribution in [0.3, 0.4) is 0 Å². The van der Waals surface area contributed by atoms with Crippen LogP contribution in [0.15, 0.2) is 16.8 Å². The monoisotopic (exact) mass is 559 g/mol. The summed E-state index contributed by atoms with van der Waals surface area (Å²) in [6, 6.07) is 2.11. The second kappa shape index (κ2) is 17.1. The molecule has 6 N–H and O–H groups in total. The fraction of sp³-hybridized carbons (Fsp3) is 0.692. The molecular formula is C26H41NO10S. The van der Waals surface area contributed by atoms with Crippen molar-refractivity contribution in [3.8, 4) is 0 Å². The molecule has 3 rings (SSSR count). The highest BCUT2D eigenvalue weighted by molar-refractivity contribution is 7.08. The molecule has 1 atom stereocenters. The van der Waals surface area contributed by atoms with E-state index in [1.54, 1.807) is 11.3 Å². The van der Waals surface area contributed by atoms with E-state index in [0.29, 0.717) is 12.5 Å². The molecule has 1 unspecified atom stereocenters. The van der Waals surface area contributed by atoms with Gasteiger partial charge in [0, 0.05) is 6.54 Å². The number of nitrogens with zero attached hydrogens (tertiary/aromatic N) is 1. The van der Waals surface area contributed by atoms with Gasteiger partial charge in [0.25, 0.3) is 0 Å². The Morgan fingerprint density at radius 1 is 0.947 bits per heavy atom. The van der Waals surface area contributed by atoms with E-state index in [4.69, 9.17) is 25.2 Å². The first-order chi connectivity index (χ1) is 17.6. The van der Waals surface area contributed by atoms with Crippen LogP contribution in [0.5, 0.6) is 0 Å². The number of aliphatic hydroxyl groups is 1. The summed E-state index contributed by atoms with van der Waals surface area (Å²) >= 11 is 1.68. The van der Waals surface area contributed by atoms with Gasteiger partial charge in [-0.3, -0.25) is 19.3 Å². The Bertz CT molecular complexity index is 845. The van der Waals surface area contributed by atoms with Crippen LogP contribution >= 0.6 is 11.3 Å². The lowest BCUT2D eigenvalue weighted by Gasteiger charge is -2.29. The van der Waals surface area contributed by atoms with E-state index in [-0.39, 0.29) is 17.4 Å². The number of esters is 1. The van der Waals surface area contributed by atoms with E-state index >= 15 is 0 Å². The molecule has 1 aromatic heterocycles. The van der Waals surface area contributed by atoms with Crippen molar-refractivity contribution < 1.29 is 49.8 Å². The molecule has 1 saturated carbocycles. The van der Waals surface area contributed by atoms with Gasteiger partial charge in [-0.05, 0) is 67.1 Å². The molecule has 1 saturated heterocycles. The normalized spacial score (nSPS) is 17.6. The first-order valence-corrected chi connectivity index (χ1v) is 13.9. The van der Waals surface area contributed by atoms with Crippen LogP contribution in [0, 0.1) is 5.92 Å². The second-order valence-electron chi connectivity index (χ2n) is 9.83. The molecule has 216 valence electrons. The Kier molecular flexibility index (Phi) is 15.1. The fourth-order valence-electron chi connectivity index (χ4n) is 4.96. The van der Waals surface area contributed by atoms with Gasteiger partial charge in [0.2, 0.25) is 0 Å². The minimum Gasteiger partial charge on any atom is -0.481 e. The van der Waals surface area contributed by atoms with Crippen LogP contribution in [0.2, 0.25) is 0 Å². The molecule has 1 aliphatic carbocycles. The van der Waals surface area contributed by atoms with Crippen LogP contribution in [0.4, 0.5) is 0 Å². The zero-order chi connectivity index (χ0) is 27.3. The van der Waals surface area contributed by atoms with Crippen molar-refractivity contribution in [3.05, 3.63) is 22.4 Å². The van der Waals surface area contributed by atoms with Crippen molar-refractivity contribution in [2.75, 3.05) is 26.2 Å². The van der Waals surface area contributed by atoms with Gasteiger partial charge in [0.05, 0.1) is 18.8 Å². The lowest BCUT2D eigenvalue weighted by molar-refractivity contribution is -0.170. The van der Waals surface area contributed by atoms with E-state index in [2.05, 4.69) is 21.7 Å². The highest BCUT2D eigenvalue weighted by Crippen LogP contribution is 2.37. The third-order valence-corrected chi connectivity index (χ3v) is 7.61. The lowest BCUT2D eigenvalue weighted by atomic mass is 9.77. The number of hydrogen-bond donors (Lipinski definition) is 4. The summed E-state index contributed by atoms with van der Waals surface area (Å²) in [6.45, 7) is 3.77. The second-order valence-corrected chi connectivity index (χ2v) is 10.6. The van der Waals surface area contributed by atoms with Crippen molar-refractivity contribution in [1.82, 2.24) is 4.90 Å². The van der Waals surface area contributed by atoms with Gasteiger partial charge < -0.3 is 30.6 Å². The van der Waals surface area contributed by atoms with Gasteiger partial charge >= 0.3 is 23.9 Å². The summed E-state index contributed by atoms with van der Waals surface area (Å²) < 4.78 is 5.75. The number of likely N-dealkylation sites (tertiary alicyclic amines) is 1. The molecule has 11 nitrogen and oxygen atoms in total. The number of rotatable bonds is 11. The van der Waals surface area contributed by atoms with Crippen molar-refractivity contribution in [1.29, 1.82) is 0 Å². The van der Waals surface area contributed by atoms with Gasteiger partial charge in [-0.1, -0.05) is 32.1 Å². The van der Waals surface area contributed by atoms with Gasteiger partial charge in [0.15, 0.2) is 5.60 Å². The van der Waals surface area contributed by atoms with Crippen LogP contribution < -0.4 is 0 Å². The van der Waals surface area contributed by atoms with Gasteiger partial charge in [-0.15, -0.1) is 0 Å². The first-order valence-electron chi connectivity index (χ1n) is 12.9. The SMILES string of the molecule is O.O=C(O)CC(O)(CC(=O)O)C(=O)O.O=C(OCCN1CCCCCC1)C(c1ccsc1)C1CCCCC1. The summed E-state index contributed by atoms with van der Waals surface area (Å²) in [7, 11) is 0. The standard InChI is InChI=1S/C20H31NO2S.C6H8O7.H2O/c22-20(23-14-13-21-11-6-1-2-7-12-21)19(18-10-15-24-16-18)17-8-4-3-5-9-17;7-3(8)1-6(13,5(11)12)2-4(9)10;/h10,15-17,19H,1-9,11-14H2;13H,1-2H2,(H,7,8)(H,9,10)(H,11,12);1H2. The molecule has 0 aromatic carbocycles. The largest absolute Gasteiger partial charge is 0.481 e. The van der Waals surface area contributed by atoms with E-state index in [9.17, 15) is 19.2 Å². The molecular weight excluding hydrogens is 518 g/mol. The van der Waals surface area contributed by atoms with Crippen LogP contribution in [-0.4, -0.2) is 86.5 Å². The molecule has 2 aliphatic rings. The summed E-state index contributed by atoms with van der Waals surface area (Å²) in [5, 5.41) is 38.0. The van der Waals surface area contributed by atoms with Crippen LogP contribution in [0.1, 0.15) is 82.1 Å². The maximum Gasteiger partial charge on any atom is 0.336 e.